The quantitative estimate of drug-likeness (QED) is 0.871. The maximum atomic E-state index is 13.8. The molecule has 0 spiro atoms. The first-order chi connectivity index (χ1) is 9.37. The van der Waals surface area contributed by atoms with E-state index in [4.69, 9.17) is 5.11 Å². The zero-order valence-corrected chi connectivity index (χ0v) is 11.6. The molecule has 1 unspecified atom stereocenters. The topological polar surface area (TPSA) is 66.4 Å². The van der Waals surface area contributed by atoms with Crippen LogP contribution in [0.2, 0.25) is 0 Å². The second-order valence-corrected chi connectivity index (χ2v) is 5.50. The summed E-state index contributed by atoms with van der Waals surface area (Å²) < 4.78 is 13.8. The Morgan fingerprint density at radius 1 is 1.45 bits per heavy atom. The van der Waals surface area contributed by atoms with Gasteiger partial charge in [0.1, 0.15) is 5.82 Å². The molecule has 4 nitrogen and oxygen atoms in total. The van der Waals surface area contributed by atoms with Crippen molar-refractivity contribution in [3.05, 3.63) is 35.1 Å². The van der Waals surface area contributed by atoms with Gasteiger partial charge >= 0.3 is 5.97 Å². The van der Waals surface area contributed by atoms with Crippen LogP contribution in [0.3, 0.4) is 0 Å². The summed E-state index contributed by atoms with van der Waals surface area (Å²) in [6.07, 6.45) is 2.92. The lowest BCUT2D eigenvalue weighted by atomic mass is 9.92. The van der Waals surface area contributed by atoms with Crippen LogP contribution in [0.5, 0.6) is 0 Å². The fraction of sp³-hybridized carbons (Fsp3) is 0.467. The third-order valence-electron chi connectivity index (χ3n) is 4.07. The van der Waals surface area contributed by atoms with Crippen molar-refractivity contribution < 1.29 is 19.1 Å². The highest BCUT2D eigenvalue weighted by molar-refractivity contribution is 5.96. The van der Waals surface area contributed by atoms with Crippen molar-refractivity contribution in [1.82, 2.24) is 5.32 Å². The van der Waals surface area contributed by atoms with E-state index in [9.17, 15) is 14.0 Å². The second-order valence-electron chi connectivity index (χ2n) is 5.50. The van der Waals surface area contributed by atoms with Gasteiger partial charge in [0.15, 0.2) is 0 Å². The second kappa shape index (κ2) is 5.23. The van der Waals surface area contributed by atoms with E-state index in [0.29, 0.717) is 5.92 Å². The Hall–Kier alpha value is -1.91. The van der Waals surface area contributed by atoms with Crippen LogP contribution in [-0.2, 0) is 0 Å². The summed E-state index contributed by atoms with van der Waals surface area (Å²) in [5.41, 5.74) is -0.607. The Morgan fingerprint density at radius 3 is 2.55 bits per heavy atom. The fourth-order valence-electron chi connectivity index (χ4n) is 2.36. The van der Waals surface area contributed by atoms with Crippen molar-refractivity contribution in [3.63, 3.8) is 0 Å². The van der Waals surface area contributed by atoms with Crippen molar-refractivity contribution in [2.24, 2.45) is 5.92 Å². The molecular weight excluding hydrogens is 261 g/mol. The molecule has 2 N–H and O–H groups in total. The number of nitrogens with one attached hydrogen (secondary N) is 1. The number of aromatic carboxylic acids is 1. The molecule has 1 fully saturated rings. The minimum absolute atomic E-state index is 0.115. The number of amides is 1. The standard InChI is InChI=1S/C15H18FNO3/c1-3-15(2,10-5-6-10)17-13(18)11-7-4-9(14(19)20)8-12(11)16/h4,7-8,10H,3,5-6H2,1-2H3,(H,17,18)(H,19,20). The maximum Gasteiger partial charge on any atom is 0.335 e. The minimum Gasteiger partial charge on any atom is -0.478 e. The third kappa shape index (κ3) is 2.81. The highest BCUT2D eigenvalue weighted by Crippen LogP contribution is 2.41. The number of rotatable bonds is 5. The molecule has 20 heavy (non-hydrogen) atoms. The Labute approximate surface area is 117 Å². The molecule has 0 bridgehead atoms. The van der Waals surface area contributed by atoms with E-state index in [0.717, 1.165) is 25.3 Å². The molecule has 1 atom stereocenters. The summed E-state index contributed by atoms with van der Waals surface area (Å²) >= 11 is 0. The zero-order valence-electron chi connectivity index (χ0n) is 11.6. The molecular formula is C15H18FNO3. The summed E-state index contributed by atoms with van der Waals surface area (Å²) in [6, 6.07) is 3.33. The lowest BCUT2D eigenvalue weighted by molar-refractivity contribution is 0.0695. The van der Waals surface area contributed by atoms with E-state index in [1.165, 1.54) is 12.1 Å². The molecule has 5 heteroatoms. The van der Waals surface area contributed by atoms with Crippen molar-refractivity contribution >= 4 is 11.9 Å². The molecule has 1 aromatic rings. The van der Waals surface area contributed by atoms with Crippen molar-refractivity contribution in [1.29, 1.82) is 0 Å². The molecule has 0 aromatic heterocycles. The number of carbonyl (C=O) groups is 2. The van der Waals surface area contributed by atoms with Gasteiger partial charge in [-0.05, 0) is 50.3 Å². The Balaban J connectivity index is 2.19. The molecule has 108 valence electrons. The summed E-state index contributed by atoms with van der Waals surface area (Å²) in [7, 11) is 0. The van der Waals surface area contributed by atoms with E-state index in [1.807, 2.05) is 13.8 Å². The Bertz CT molecular complexity index is 554. The normalized spacial score (nSPS) is 17.4. The number of carboxylic acid groups (broad SMARTS) is 1. The summed E-state index contributed by atoms with van der Waals surface area (Å²) in [4.78, 5) is 22.9. The highest BCUT2D eigenvalue weighted by Gasteiger charge is 2.41. The zero-order chi connectivity index (χ0) is 14.9. The predicted octanol–water partition coefficient (Wildman–Crippen LogP) is 2.83. The molecule has 1 amide bonds. The molecule has 1 saturated carbocycles. The van der Waals surface area contributed by atoms with Gasteiger partial charge in [-0.2, -0.15) is 0 Å². The van der Waals surface area contributed by atoms with Crippen LogP contribution in [0.15, 0.2) is 18.2 Å². The fourth-order valence-corrected chi connectivity index (χ4v) is 2.36. The Morgan fingerprint density at radius 2 is 2.10 bits per heavy atom. The number of hydrogen-bond acceptors (Lipinski definition) is 2. The largest absolute Gasteiger partial charge is 0.478 e. The van der Waals surface area contributed by atoms with Crippen LogP contribution in [0.25, 0.3) is 0 Å². The van der Waals surface area contributed by atoms with Crippen LogP contribution >= 0.6 is 0 Å². The lowest BCUT2D eigenvalue weighted by Gasteiger charge is -2.30. The van der Waals surface area contributed by atoms with E-state index in [1.54, 1.807) is 0 Å². The van der Waals surface area contributed by atoms with Gasteiger partial charge in [-0.25, -0.2) is 9.18 Å². The van der Waals surface area contributed by atoms with Gasteiger partial charge in [0.25, 0.3) is 5.91 Å². The monoisotopic (exact) mass is 279 g/mol. The maximum absolute atomic E-state index is 13.8. The summed E-state index contributed by atoms with van der Waals surface area (Å²) in [5.74, 6) is -2.07. The number of carbonyl (C=O) groups excluding carboxylic acids is 1. The van der Waals surface area contributed by atoms with Gasteiger partial charge < -0.3 is 10.4 Å². The first-order valence-electron chi connectivity index (χ1n) is 6.72. The van der Waals surface area contributed by atoms with Crippen LogP contribution in [0.1, 0.15) is 53.8 Å². The lowest BCUT2D eigenvalue weighted by Crippen LogP contribution is -2.47. The first-order valence-corrected chi connectivity index (χ1v) is 6.72. The van der Waals surface area contributed by atoms with Crippen LogP contribution in [-0.4, -0.2) is 22.5 Å². The highest BCUT2D eigenvalue weighted by atomic mass is 19.1. The van der Waals surface area contributed by atoms with E-state index < -0.39 is 17.7 Å². The minimum atomic E-state index is -1.22. The van der Waals surface area contributed by atoms with E-state index >= 15 is 0 Å². The van der Waals surface area contributed by atoms with Gasteiger partial charge in [0, 0.05) is 5.54 Å². The predicted molar refractivity (Wildman–Crippen MR) is 72.2 cm³/mol. The number of benzene rings is 1. The van der Waals surface area contributed by atoms with Crippen molar-refractivity contribution in [3.8, 4) is 0 Å². The third-order valence-corrected chi connectivity index (χ3v) is 4.07. The Kier molecular flexibility index (Phi) is 3.79. The summed E-state index contributed by atoms with van der Waals surface area (Å²) in [6.45, 7) is 3.95. The van der Waals surface area contributed by atoms with Crippen LogP contribution in [0, 0.1) is 11.7 Å². The summed E-state index contributed by atoms with van der Waals surface area (Å²) in [5, 5.41) is 11.7. The van der Waals surface area contributed by atoms with Crippen molar-refractivity contribution in [2.45, 2.75) is 38.6 Å². The molecule has 0 aliphatic heterocycles. The average molecular weight is 279 g/mol. The van der Waals surface area contributed by atoms with Gasteiger partial charge in [0.2, 0.25) is 0 Å². The average Bonchev–Trinajstić information content (AvgIpc) is 3.22. The molecule has 2 rings (SSSR count). The smallest absolute Gasteiger partial charge is 0.335 e. The molecule has 0 saturated heterocycles. The van der Waals surface area contributed by atoms with Gasteiger partial charge in [-0.3, -0.25) is 4.79 Å². The molecule has 0 radical (unpaired) electrons. The van der Waals surface area contributed by atoms with Gasteiger partial charge in [0.05, 0.1) is 11.1 Å². The van der Waals surface area contributed by atoms with Gasteiger partial charge in [-0.15, -0.1) is 0 Å². The molecule has 0 heterocycles. The van der Waals surface area contributed by atoms with Crippen molar-refractivity contribution in [2.75, 3.05) is 0 Å². The molecule has 1 aliphatic carbocycles. The van der Waals surface area contributed by atoms with E-state index in [2.05, 4.69) is 5.32 Å². The number of halogens is 1. The van der Waals surface area contributed by atoms with Gasteiger partial charge in [-0.1, -0.05) is 6.92 Å². The number of hydrogen-bond donors (Lipinski definition) is 2. The number of carboxylic acids is 1. The molecule has 1 aliphatic rings. The van der Waals surface area contributed by atoms with Crippen LogP contribution < -0.4 is 5.32 Å². The van der Waals surface area contributed by atoms with E-state index in [-0.39, 0.29) is 16.7 Å². The SMILES string of the molecule is CCC(C)(NC(=O)c1ccc(C(=O)O)cc1F)C1CC1. The van der Waals surface area contributed by atoms with Crippen LogP contribution in [0.4, 0.5) is 4.39 Å². The molecule has 1 aromatic carbocycles. The first kappa shape index (κ1) is 14.5.